The number of hydrogen-bond donors (Lipinski definition) is 0. The van der Waals surface area contributed by atoms with Gasteiger partial charge in [-0.3, -0.25) is 4.79 Å². The summed E-state index contributed by atoms with van der Waals surface area (Å²) in [4.78, 5) is 13.9. The third-order valence-corrected chi connectivity index (χ3v) is 5.11. The van der Waals surface area contributed by atoms with E-state index in [1.165, 1.54) is 12.5 Å². The average Bonchev–Trinajstić information content (AvgIpc) is 2.94. The van der Waals surface area contributed by atoms with E-state index in [4.69, 9.17) is 4.74 Å². The Balaban J connectivity index is 1.53. The molecule has 3 nitrogen and oxygen atoms in total. The molecule has 0 bridgehead atoms. The number of para-hydroxylation sites is 1. The van der Waals surface area contributed by atoms with Crippen molar-refractivity contribution in [3.63, 3.8) is 0 Å². The van der Waals surface area contributed by atoms with E-state index >= 15 is 0 Å². The van der Waals surface area contributed by atoms with Crippen molar-refractivity contribution in [2.45, 2.75) is 31.8 Å². The number of carbonyl (C=O) groups excluding carboxylic acids is 1. The highest BCUT2D eigenvalue weighted by atomic mass is 32.2. The third kappa shape index (κ3) is 3.40. The Labute approximate surface area is 128 Å². The summed E-state index contributed by atoms with van der Waals surface area (Å²) in [5.74, 6) is 0.954. The summed E-state index contributed by atoms with van der Waals surface area (Å²) in [6.45, 7) is 1.43. The predicted molar refractivity (Wildman–Crippen MR) is 83.4 cm³/mol. The van der Waals surface area contributed by atoms with E-state index in [2.05, 4.69) is 0 Å². The molecule has 2 heterocycles. The zero-order chi connectivity index (χ0) is 14.7. The van der Waals surface area contributed by atoms with Crippen molar-refractivity contribution in [1.82, 2.24) is 0 Å². The van der Waals surface area contributed by atoms with Crippen LogP contribution < -0.4 is 4.90 Å². The van der Waals surface area contributed by atoms with Gasteiger partial charge in [0.25, 0.3) is 0 Å². The number of halogens is 1. The van der Waals surface area contributed by atoms with E-state index in [1.807, 2.05) is 6.07 Å². The van der Waals surface area contributed by atoms with E-state index in [1.54, 1.807) is 22.7 Å². The zero-order valence-corrected chi connectivity index (χ0v) is 12.8. The number of benzene rings is 1. The van der Waals surface area contributed by atoms with E-state index in [9.17, 15) is 9.18 Å². The zero-order valence-electron chi connectivity index (χ0n) is 12.0. The average molecular weight is 309 g/mol. The molecule has 114 valence electrons. The maximum atomic E-state index is 13.9. The Kier molecular flexibility index (Phi) is 4.80. The highest BCUT2D eigenvalue weighted by Gasteiger charge is 2.27. The van der Waals surface area contributed by atoms with Crippen LogP contribution in [0.25, 0.3) is 0 Å². The molecule has 2 aliphatic rings. The fourth-order valence-electron chi connectivity index (χ4n) is 2.95. The first-order valence-corrected chi connectivity index (χ1v) is 8.68. The van der Waals surface area contributed by atoms with Crippen LogP contribution in [0.15, 0.2) is 18.2 Å². The van der Waals surface area contributed by atoms with Crippen LogP contribution in [0.4, 0.5) is 10.1 Å². The number of carbonyl (C=O) groups is 1. The predicted octanol–water partition coefficient (Wildman–Crippen LogP) is 3.02. The molecule has 1 aromatic rings. The standard InChI is InChI=1S/C16H20FNO2S/c17-14-6-3-4-12-7-8-18(16(12)14)15(19)11-21-10-13-5-1-2-9-20-13/h3-4,6,13H,1-2,5,7-11H2. The van der Waals surface area contributed by atoms with Crippen molar-refractivity contribution in [3.05, 3.63) is 29.6 Å². The lowest BCUT2D eigenvalue weighted by Gasteiger charge is -2.22. The summed E-state index contributed by atoms with van der Waals surface area (Å²) in [5, 5.41) is 0. The van der Waals surface area contributed by atoms with Crippen molar-refractivity contribution in [1.29, 1.82) is 0 Å². The molecule has 1 aromatic carbocycles. The lowest BCUT2D eigenvalue weighted by atomic mass is 10.1. The molecule has 1 saturated heterocycles. The number of ether oxygens (including phenoxy) is 1. The quantitative estimate of drug-likeness (QED) is 0.856. The van der Waals surface area contributed by atoms with E-state index in [-0.39, 0.29) is 17.8 Å². The number of rotatable bonds is 4. The van der Waals surface area contributed by atoms with Crippen LogP contribution in [0.3, 0.4) is 0 Å². The molecular weight excluding hydrogens is 289 g/mol. The molecule has 0 radical (unpaired) electrons. The lowest BCUT2D eigenvalue weighted by molar-refractivity contribution is -0.116. The monoisotopic (exact) mass is 309 g/mol. The van der Waals surface area contributed by atoms with Gasteiger partial charge in [0, 0.05) is 18.9 Å². The molecular formula is C16H20FNO2S. The number of hydrogen-bond acceptors (Lipinski definition) is 3. The highest BCUT2D eigenvalue weighted by molar-refractivity contribution is 8.00. The second-order valence-corrected chi connectivity index (χ2v) is 6.58. The van der Waals surface area contributed by atoms with Gasteiger partial charge in [0.2, 0.25) is 5.91 Å². The Hall–Kier alpha value is -1.07. The van der Waals surface area contributed by atoms with Gasteiger partial charge in [-0.25, -0.2) is 4.39 Å². The lowest BCUT2D eigenvalue weighted by Crippen LogP contribution is -2.32. The first-order valence-electron chi connectivity index (χ1n) is 7.53. The molecule has 5 heteroatoms. The Morgan fingerprint density at radius 2 is 2.33 bits per heavy atom. The van der Waals surface area contributed by atoms with Crippen LogP contribution in [0, 0.1) is 5.82 Å². The normalized spacial score (nSPS) is 21.4. The van der Waals surface area contributed by atoms with Gasteiger partial charge in [-0.1, -0.05) is 12.1 Å². The van der Waals surface area contributed by atoms with Crippen LogP contribution in [-0.4, -0.2) is 36.7 Å². The van der Waals surface area contributed by atoms with Gasteiger partial charge in [-0.15, -0.1) is 11.8 Å². The van der Waals surface area contributed by atoms with Gasteiger partial charge in [0.05, 0.1) is 17.5 Å². The van der Waals surface area contributed by atoms with Gasteiger partial charge in [-0.05, 0) is 37.3 Å². The SMILES string of the molecule is O=C(CSCC1CCCCO1)N1CCc2cccc(F)c21. The number of anilines is 1. The summed E-state index contributed by atoms with van der Waals surface area (Å²) in [5.41, 5.74) is 1.42. The molecule has 0 aliphatic carbocycles. The van der Waals surface area contributed by atoms with Crippen LogP contribution in [-0.2, 0) is 16.0 Å². The largest absolute Gasteiger partial charge is 0.377 e. The van der Waals surface area contributed by atoms with Crippen molar-refractivity contribution in [2.24, 2.45) is 0 Å². The third-order valence-electron chi connectivity index (χ3n) is 4.05. The van der Waals surface area contributed by atoms with Gasteiger partial charge < -0.3 is 9.64 Å². The second kappa shape index (κ2) is 6.79. The van der Waals surface area contributed by atoms with Gasteiger partial charge in [0.1, 0.15) is 5.82 Å². The number of nitrogens with zero attached hydrogens (tertiary/aromatic N) is 1. The number of amides is 1. The summed E-state index contributed by atoms with van der Waals surface area (Å²) in [6, 6.07) is 5.03. The maximum absolute atomic E-state index is 13.9. The van der Waals surface area contributed by atoms with E-state index < -0.39 is 0 Å². The first-order chi connectivity index (χ1) is 10.3. The molecule has 3 rings (SSSR count). The van der Waals surface area contributed by atoms with Gasteiger partial charge >= 0.3 is 0 Å². The molecule has 1 fully saturated rings. The van der Waals surface area contributed by atoms with E-state index in [0.717, 1.165) is 37.2 Å². The minimum absolute atomic E-state index is 0.000315. The number of fused-ring (bicyclic) bond motifs is 1. The Morgan fingerprint density at radius 1 is 1.43 bits per heavy atom. The minimum atomic E-state index is -0.293. The number of thioether (sulfide) groups is 1. The molecule has 2 aliphatic heterocycles. The molecule has 1 atom stereocenters. The molecule has 0 aromatic heterocycles. The fraction of sp³-hybridized carbons (Fsp3) is 0.562. The van der Waals surface area contributed by atoms with Gasteiger partial charge in [0.15, 0.2) is 0 Å². The topological polar surface area (TPSA) is 29.5 Å². The van der Waals surface area contributed by atoms with Gasteiger partial charge in [-0.2, -0.15) is 0 Å². The second-order valence-electron chi connectivity index (χ2n) is 5.55. The maximum Gasteiger partial charge on any atom is 0.237 e. The Bertz CT molecular complexity index is 517. The van der Waals surface area contributed by atoms with Crippen LogP contribution >= 0.6 is 11.8 Å². The van der Waals surface area contributed by atoms with Crippen molar-refractivity contribution < 1.29 is 13.9 Å². The van der Waals surface area contributed by atoms with Crippen molar-refractivity contribution >= 4 is 23.4 Å². The summed E-state index contributed by atoms with van der Waals surface area (Å²) in [6.07, 6.45) is 4.46. The summed E-state index contributed by atoms with van der Waals surface area (Å²) in [7, 11) is 0. The molecule has 1 unspecified atom stereocenters. The van der Waals surface area contributed by atoms with Crippen LogP contribution in [0.2, 0.25) is 0 Å². The smallest absolute Gasteiger partial charge is 0.237 e. The highest BCUT2D eigenvalue weighted by Crippen LogP contribution is 2.31. The molecule has 0 spiro atoms. The molecule has 21 heavy (non-hydrogen) atoms. The molecule has 1 amide bonds. The molecule has 0 saturated carbocycles. The Morgan fingerprint density at radius 3 is 3.14 bits per heavy atom. The van der Waals surface area contributed by atoms with Crippen molar-refractivity contribution in [2.75, 3.05) is 29.6 Å². The minimum Gasteiger partial charge on any atom is -0.377 e. The molecule has 0 N–H and O–H groups in total. The first kappa shape index (κ1) is 14.9. The van der Waals surface area contributed by atoms with Crippen LogP contribution in [0.1, 0.15) is 24.8 Å². The van der Waals surface area contributed by atoms with Crippen molar-refractivity contribution in [3.8, 4) is 0 Å². The van der Waals surface area contributed by atoms with Crippen LogP contribution in [0.5, 0.6) is 0 Å². The summed E-state index contributed by atoms with van der Waals surface area (Å²) >= 11 is 1.60. The summed E-state index contributed by atoms with van der Waals surface area (Å²) < 4.78 is 19.5. The van der Waals surface area contributed by atoms with E-state index in [0.29, 0.717) is 18.0 Å². The fourth-order valence-corrected chi connectivity index (χ4v) is 3.93.